The van der Waals surface area contributed by atoms with Gasteiger partial charge in [0, 0.05) is 23.3 Å². The second kappa shape index (κ2) is 8.59. The summed E-state index contributed by atoms with van der Waals surface area (Å²) in [4.78, 5) is 17.8. The quantitative estimate of drug-likeness (QED) is 0.757. The van der Waals surface area contributed by atoms with E-state index in [1.807, 2.05) is 30.0 Å². The molecule has 1 amide bonds. The SMILES string of the molecule is COc1ccc(Br)c(C(=O)N2CCCSCC2CN2CCCC2)c1. The van der Waals surface area contributed by atoms with Crippen LogP contribution in [0.1, 0.15) is 29.6 Å². The van der Waals surface area contributed by atoms with Crippen LogP contribution in [0.25, 0.3) is 0 Å². The predicted octanol–water partition coefficient (Wildman–Crippen LogP) is 3.50. The van der Waals surface area contributed by atoms with Crippen LogP contribution in [0.3, 0.4) is 0 Å². The van der Waals surface area contributed by atoms with Gasteiger partial charge in [-0.2, -0.15) is 11.8 Å². The first kappa shape index (κ1) is 18.1. The van der Waals surface area contributed by atoms with Gasteiger partial charge in [0.05, 0.1) is 18.7 Å². The van der Waals surface area contributed by atoms with Gasteiger partial charge in [0.15, 0.2) is 0 Å². The number of likely N-dealkylation sites (tertiary alicyclic amines) is 1. The van der Waals surface area contributed by atoms with E-state index >= 15 is 0 Å². The van der Waals surface area contributed by atoms with E-state index in [0.717, 1.165) is 41.2 Å². The fourth-order valence-electron chi connectivity index (χ4n) is 3.46. The number of methoxy groups -OCH3 is 1. The molecule has 0 spiro atoms. The van der Waals surface area contributed by atoms with Crippen LogP contribution in [0.15, 0.2) is 22.7 Å². The molecule has 2 fully saturated rings. The molecule has 2 aliphatic heterocycles. The molecule has 0 radical (unpaired) electrons. The van der Waals surface area contributed by atoms with Gasteiger partial charge in [-0.1, -0.05) is 0 Å². The summed E-state index contributed by atoms with van der Waals surface area (Å²) < 4.78 is 6.14. The summed E-state index contributed by atoms with van der Waals surface area (Å²) in [7, 11) is 1.64. The molecule has 2 saturated heterocycles. The highest BCUT2D eigenvalue weighted by Crippen LogP contribution is 2.27. The zero-order valence-corrected chi connectivity index (χ0v) is 16.6. The first-order valence-electron chi connectivity index (χ1n) is 8.63. The zero-order chi connectivity index (χ0) is 16.9. The molecular formula is C18H25BrN2O2S. The van der Waals surface area contributed by atoms with Crippen molar-refractivity contribution in [2.75, 3.05) is 44.8 Å². The number of hydrogen-bond acceptors (Lipinski definition) is 4. The maximum absolute atomic E-state index is 13.2. The number of halogens is 1. The molecule has 1 unspecified atom stereocenters. The molecule has 24 heavy (non-hydrogen) atoms. The number of rotatable bonds is 4. The molecule has 3 rings (SSSR count). The van der Waals surface area contributed by atoms with Gasteiger partial charge in [-0.05, 0) is 72.2 Å². The Balaban J connectivity index is 1.81. The molecule has 132 valence electrons. The topological polar surface area (TPSA) is 32.8 Å². The van der Waals surface area contributed by atoms with Crippen molar-refractivity contribution >= 4 is 33.6 Å². The molecule has 4 nitrogen and oxygen atoms in total. The van der Waals surface area contributed by atoms with Gasteiger partial charge in [0.25, 0.3) is 5.91 Å². The number of nitrogens with zero attached hydrogens (tertiary/aromatic N) is 2. The highest BCUT2D eigenvalue weighted by molar-refractivity contribution is 9.10. The number of benzene rings is 1. The molecule has 0 aliphatic carbocycles. The number of hydrogen-bond donors (Lipinski definition) is 0. The maximum atomic E-state index is 13.2. The van der Waals surface area contributed by atoms with Crippen LogP contribution in [0.2, 0.25) is 0 Å². The van der Waals surface area contributed by atoms with Crippen molar-refractivity contribution in [1.29, 1.82) is 0 Å². The van der Waals surface area contributed by atoms with Gasteiger partial charge in [-0.3, -0.25) is 4.79 Å². The van der Waals surface area contributed by atoms with Crippen LogP contribution in [0.5, 0.6) is 5.75 Å². The summed E-state index contributed by atoms with van der Waals surface area (Å²) in [5, 5.41) is 0. The lowest BCUT2D eigenvalue weighted by Gasteiger charge is -2.33. The molecule has 2 heterocycles. The van der Waals surface area contributed by atoms with E-state index in [4.69, 9.17) is 4.74 Å². The normalized spacial score (nSPS) is 22.4. The zero-order valence-electron chi connectivity index (χ0n) is 14.2. The monoisotopic (exact) mass is 412 g/mol. The minimum atomic E-state index is 0.118. The van der Waals surface area contributed by atoms with Gasteiger partial charge in [0.2, 0.25) is 0 Å². The lowest BCUT2D eigenvalue weighted by atomic mass is 10.1. The van der Waals surface area contributed by atoms with Crippen LogP contribution in [0.4, 0.5) is 0 Å². The van der Waals surface area contributed by atoms with Gasteiger partial charge >= 0.3 is 0 Å². The Morgan fingerprint density at radius 1 is 1.29 bits per heavy atom. The third-order valence-electron chi connectivity index (χ3n) is 4.77. The Morgan fingerprint density at radius 3 is 2.83 bits per heavy atom. The molecule has 1 aromatic carbocycles. The third-order valence-corrected chi connectivity index (χ3v) is 6.66. The summed E-state index contributed by atoms with van der Waals surface area (Å²) in [6.45, 7) is 4.19. The first-order chi connectivity index (χ1) is 11.7. The molecule has 0 saturated carbocycles. The molecule has 0 bridgehead atoms. The van der Waals surface area contributed by atoms with Crippen LogP contribution < -0.4 is 4.74 Å². The Hall–Kier alpha value is -0.720. The molecule has 6 heteroatoms. The van der Waals surface area contributed by atoms with E-state index in [1.54, 1.807) is 7.11 Å². The van der Waals surface area contributed by atoms with Crippen molar-refractivity contribution in [2.45, 2.75) is 25.3 Å². The second-order valence-electron chi connectivity index (χ2n) is 6.43. The Kier molecular flexibility index (Phi) is 6.47. The fraction of sp³-hybridized carbons (Fsp3) is 0.611. The largest absolute Gasteiger partial charge is 0.497 e. The third kappa shape index (κ3) is 4.27. The fourth-order valence-corrected chi connectivity index (χ4v) is 4.93. The van der Waals surface area contributed by atoms with E-state index < -0.39 is 0 Å². The van der Waals surface area contributed by atoms with Crippen molar-refractivity contribution in [1.82, 2.24) is 9.80 Å². The highest BCUT2D eigenvalue weighted by atomic mass is 79.9. The van der Waals surface area contributed by atoms with Gasteiger partial charge in [-0.15, -0.1) is 0 Å². The van der Waals surface area contributed by atoms with Crippen LogP contribution in [0, 0.1) is 0 Å². The number of carbonyl (C=O) groups excluding carboxylic acids is 1. The smallest absolute Gasteiger partial charge is 0.255 e. The minimum Gasteiger partial charge on any atom is -0.497 e. The molecule has 1 aromatic rings. The molecule has 0 aromatic heterocycles. The highest BCUT2D eigenvalue weighted by Gasteiger charge is 2.30. The molecule has 2 aliphatic rings. The number of carbonyl (C=O) groups is 1. The Labute approximate surface area is 157 Å². The average molecular weight is 413 g/mol. The predicted molar refractivity (Wildman–Crippen MR) is 103 cm³/mol. The van der Waals surface area contributed by atoms with E-state index in [-0.39, 0.29) is 5.91 Å². The molecule has 1 atom stereocenters. The summed E-state index contributed by atoms with van der Waals surface area (Å²) >= 11 is 5.51. The lowest BCUT2D eigenvalue weighted by Crippen LogP contribution is -2.47. The average Bonchev–Trinajstić information content (AvgIpc) is 2.99. The van der Waals surface area contributed by atoms with Crippen molar-refractivity contribution in [3.8, 4) is 5.75 Å². The van der Waals surface area contributed by atoms with Crippen molar-refractivity contribution in [3.05, 3.63) is 28.2 Å². The summed E-state index contributed by atoms with van der Waals surface area (Å²) in [5.41, 5.74) is 0.702. The summed E-state index contributed by atoms with van der Waals surface area (Å²) in [6.07, 6.45) is 3.64. The summed E-state index contributed by atoms with van der Waals surface area (Å²) in [6, 6.07) is 5.91. The maximum Gasteiger partial charge on any atom is 0.255 e. The molecule has 0 N–H and O–H groups in total. The van der Waals surface area contributed by atoms with Crippen molar-refractivity contribution in [2.24, 2.45) is 0 Å². The number of thioether (sulfide) groups is 1. The first-order valence-corrected chi connectivity index (χ1v) is 10.6. The number of amides is 1. The number of ether oxygens (including phenoxy) is 1. The van der Waals surface area contributed by atoms with E-state index in [2.05, 4.69) is 25.7 Å². The Morgan fingerprint density at radius 2 is 2.08 bits per heavy atom. The second-order valence-corrected chi connectivity index (χ2v) is 8.44. The Bertz CT molecular complexity index is 578. The van der Waals surface area contributed by atoms with E-state index in [0.29, 0.717) is 11.6 Å². The molecular weight excluding hydrogens is 388 g/mol. The lowest BCUT2D eigenvalue weighted by molar-refractivity contribution is 0.0665. The van der Waals surface area contributed by atoms with Crippen molar-refractivity contribution < 1.29 is 9.53 Å². The van der Waals surface area contributed by atoms with Gasteiger partial charge in [0.1, 0.15) is 5.75 Å². The van der Waals surface area contributed by atoms with E-state index in [9.17, 15) is 4.79 Å². The van der Waals surface area contributed by atoms with Gasteiger partial charge < -0.3 is 14.5 Å². The van der Waals surface area contributed by atoms with Crippen LogP contribution >= 0.6 is 27.7 Å². The van der Waals surface area contributed by atoms with Crippen molar-refractivity contribution in [3.63, 3.8) is 0 Å². The van der Waals surface area contributed by atoms with Crippen LogP contribution in [-0.4, -0.2) is 66.5 Å². The standard InChI is InChI=1S/C18H25BrN2O2S/c1-23-15-5-6-17(19)16(11-15)18(22)21-9-4-10-24-13-14(21)12-20-7-2-3-8-20/h5-6,11,14H,2-4,7-10,12-13H2,1H3. The summed E-state index contributed by atoms with van der Waals surface area (Å²) in [5.74, 6) is 3.01. The van der Waals surface area contributed by atoms with Crippen LogP contribution in [-0.2, 0) is 0 Å². The minimum absolute atomic E-state index is 0.118. The van der Waals surface area contributed by atoms with E-state index in [1.165, 1.54) is 25.9 Å². The van der Waals surface area contributed by atoms with Gasteiger partial charge in [-0.25, -0.2) is 0 Å².